The van der Waals surface area contributed by atoms with E-state index in [1.165, 1.54) is 16.7 Å². The number of carbonyl (C=O) groups is 1. The molecule has 3 rings (SSSR count). The molecule has 2 aromatic rings. The number of amides is 1. The number of thioether (sulfide) groups is 1. The summed E-state index contributed by atoms with van der Waals surface area (Å²) in [7, 11) is 1.65. The van der Waals surface area contributed by atoms with Crippen molar-refractivity contribution in [2.45, 2.75) is 0 Å². The lowest BCUT2D eigenvalue weighted by Gasteiger charge is -2.07. The first-order valence-corrected chi connectivity index (χ1v) is 8.73. The molecule has 8 heteroatoms. The number of hydrogen-bond donors (Lipinski definition) is 0. The molecule has 0 aliphatic carbocycles. The average Bonchev–Trinajstić information content (AvgIpc) is 2.81. The van der Waals surface area contributed by atoms with Crippen molar-refractivity contribution < 1.29 is 4.79 Å². The Morgan fingerprint density at radius 1 is 1.17 bits per heavy atom. The molecule has 0 saturated carbocycles. The summed E-state index contributed by atoms with van der Waals surface area (Å²) in [5.41, 5.74) is 1.10. The van der Waals surface area contributed by atoms with E-state index in [1.54, 1.807) is 49.7 Å². The van der Waals surface area contributed by atoms with E-state index < -0.39 is 0 Å². The summed E-state index contributed by atoms with van der Waals surface area (Å²) >= 11 is 19.6. The van der Waals surface area contributed by atoms with Crippen molar-refractivity contribution in [2.75, 3.05) is 7.05 Å². The van der Waals surface area contributed by atoms with Gasteiger partial charge in [0.05, 0.1) is 4.91 Å². The number of carbonyl (C=O) groups excluding carboxylic acids is 1. The van der Waals surface area contributed by atoms with Gasteiger partial charge >= 0.3 is 0 Å². The van der Waals surface area contributed by atoms with Gasteiger partial charge in [-0.05, 0) is 42.1 Å². The number of aromatic nitrogens is 1. The van der Waals surface area contributed by atoms with Gasteiger partial charge in [-0.1, -0.05) is 40.9 Å². The quantitative estimate of drug-likeness (QED) is 0.511. The van der Waals surface area contributed by atoms with Gasteiger partial charge in [0.15, 0.2) is 10.3 Å². The van der Waals surface area contributed by atoms with Crippen LogP contribution in [0.15, 0.2) is 46.4 Å². The zero-order valence-electron chi connectivity index (χ0n) is 12.3. The number of likely N-dealkylation sites (N-methyl/N-ethyl adjacent to an activating group) is 1. The summed E-state index contributed by atoms with van der Waals surface area (Å²) in [6, 6.07) is 8.65. The van der Waals surface area contributed by atoms with Crippen molar-refractivity contribution in [3.8, 4) is 0 Å². The molecule has 1 amide bonds. The Morgan fingerprint density at radius 2 is 1.88 bits per heavy atom. The molecule has 1 saturated heterocycles. The van der Waals surface area contributed by atoms with Crippen molar-refractivity contribution in [2.24, 2.45) is 4.99 Å². The van der Waals surface area contributed by atoms with E-state index in [9.17, 15) is 4.79 Å². The van der Waals surface area contributed by atoms with E-state index >= 15 is 0 Å². The van der Waals surface area contributed by atoms with Gasteiger partial charge in [0, 0.05) is 28.9 Å². The standard InChI is InChI=1S/C16H10Cl3N3OS/c1-22-15(23)13(8-9-10(17)4-2-5-11(9)18)24-16(22)21-12-6-3-7-20-14(12)19/h2-8H,1H3/b13-8-,21-16?. The lowest BCUT2D eigenvalue weighted by molar-refractivity contribution is -0.121. The van der Waals surface area contributed by atoms with E-state index in [0.717, 1.165) is 0 Å². The molecule has 4 nitrogen and oxygen atoms in total. The SMILES string of the molecule is CN1C(=O)/C(=C/c2c(Cl)cccc2Cl)SC1=Nc1cccnc1Cl. The van der Waals surface area contributed by atoms with Crippen molar-refractivity contribution in [3.63, 3.8) is 0 Å². The maximum absolute atomic E-state index is 12.4. The van der Waals surface area contributed by atoms with Gasteiger partial charge in [-0.3, -0.25) is 9.69 Å². The molecule has 1 fully saturated rings. The van der Waals surface area contributed by atoms with E-state index in [4.69, 9.17) is 34.8 Å². The molecule has 0 radical (unpaired) electrons. The molecule has 2 heterocycles. The molecule has 122 valence electrons. The Labute approximate surface area is 158 Å². The van der Waals surface area contributed by atoms with Crippen LogP contribution in [-0.2, 0) is 4.79 Å². The largest absolute Gasteiger partial charge is 0.290 e. The van der Waals surface area contributed by atoms with Crippen LogP contribution in [0, 0.1) is 0 Å². The maximum Gasteiger partial charge on any atom is 0.266 e. The van der Waals surface area contributed by atoms with Crippen LogP contribution >= 0.6 is 46.6 Å². The molecule has 24 heavy (non-hydrogen) atoms. The van der Waals surface area contributed by atoms with Crippen LogP contribution in [0.25, 0.3) is 6.08 Å². The van der Waals surface area contributed by atoms with E-state index in [2.05, 4.69) is 9.98 Å². The molecule has 0 N–H and O–H groups in total. The van der Waals surface area contributed by atoms with Gasteiger partial charge in [-0.2, -0.15) is 0 Å². The van der Waals surface area contributed by atoms with E-state index in [1.807, 2.05) is 0 Å². The van der Waals surface area contributed by atoms with Crippen LogP contribution in [0.5, 0.6) is 0 Å². The normalized spacial score (nSPS) is 18.0. The molecule has 1 aliphatic heterocycles. The molecule has 1 aromatic carbocycles. The summed E-state index contributed by atoms with van der Waals surface area (Å²) in [6.07, 6.45) is 3.24. The highest BCUT2D eigenvalue weighted by atomic mass is 35.5. The third-order valence-electron chi connectivity index (χ3n) is 3.23. The number of nitrogens with zero attached hydrogens (tertiary/aromatic N) is 3. The van der Waals surface area contributed by atoms with Gasteiger partial charge in [-0.15, -0.1) is 0 Å². The monoisotopic (exact) mass is 397 g/mol. The number of halogens is 3. The van der Waals surface area contributed by atoms with Gasteiger partial charge in [-0.25, -0.2) is 9.98 Å². The lowest BCUT2D eigenvalue weighted by Crippen LogP contribution is -2.23. The third kappa shape index (κ3) is 3.44. The molecule has 1 aromatic heterocycles. The molecular formula is C16H10Cl3N3OS. The molecule has 0 unspecified atom stereocenters. The number of hydrogen-bond acceptors (Lipinski definition) is 4. The van der Waals surface area contributed by atoms with Crippen LogP contribution in [0.2, 0.25) is 15.2 Å². The summed E-state index contributed by atoms with van der Waals surface area (Å²) in [5.74, 6) is -0.185. The fourth-order valence-electron chi connectivity index (χ4n) is 2.00. The predicted molar refractivity (Wildman–Crippen MR) is 101 cm³/mol. The van der Waals surface area contributed by atoms with Gasteiger partial charge in [0.25, 0.3) is 5.91 Å². The first kappa shape index (κ1) is 17.3. The van der Waals surface area contributed by atoms with Crippen molar-refractivity contribution in [1.29, 1.82) is 0 Å². The topological polar surface area (TPSA) is 45.6 Å². The molecule has 0 atom stereocenters. The summed E-state index contributed by atoms with van der Waals surface area (Å²) in [4.78, 5) is 22.7. The van der Waals surface area contributed by atoms with Crippen LogP contribution in [0.1, 0.15) is 5.56 Å². The summed E-state index contributed by atoms with van der Waals surface area (Å²) in [5, 5.41) is 1.74. The Bertz CT molecular complexity index is 862. The van der Waals surface area contributed by atoms with Crippen molar-refractivity contribution in [1.82, 2.24) is 9.88 Å². The zero-order valence-corrected chi connectivity index (χ0v) is 15.4. The minimum Gasteiger partial charge on any atom is -0.290 e. The number of amidine groups is 1. The number of rotatable bonds is 2. The highest BCUT2D eigenvalue weighted by Gasteiger charge is 2.31. The second-order valence-electron chi connectivity index (χ2n) is 4.82. The highest BCUT2D eigenvalue weighted by molar-refractivity contribution is 8.18. The summed E-state index contributed by atoms with van der Waals surface area (Å²) < 4.78 is 0. The van der Waals surface area contributed by atoms with Crippen molar-refractivity contribution in [3.05, 3.63) is 62.2 Å². The molecular weight excluding hydrogens is 389 g/mol. The number of aliphatic imine (C=N–C) groups is 1. The van der Waals surface area contributed by atoms with E-state index in [0.29, 0.717) is 31.4 Å². The predicted octanol–water partition coefficient (Wildman–Crippen LogP) is 5.28. The Balaban J connectivity index is 1.98. The number of benzene rings is 1. The Hall–Kier alpha value is -1.53. The molecule has 1 aliphatic rings. The fourth-order valence-corrected chi connectivity index (χ4v) is 3.63. The Morgan fingerprint density at radius 3 is 2.54 bits per heavy atom. The second-order valence-corrected chi connectivity index (χ2v) is 7.00. The first-order valence-electron chi connectivity index (χ1n) is 6.78. The third-order valence-corrected chi connectivity index (χ3v) is 5.24. The molecule has 0 spiro atoms. The van der Waals surface area contributed by atoms with E-state index in [-0.39, 0.29) is 11.1 Å². The minimum absolute atomic E-state index is 0.185. The smallest absolute Gasteiger partial charge is 0.266 e. The van der Waals surface area contributed by atoms with Crippen LogP contribution in [0.4, 0.5) is 5.69 Å². The first-order chi connectivity index (χ1) is 11.5. The summed E-state index contributed by atoms with van der Waals surface area (Å²) in [6.45, 7) is 0. The fraction of sp³-hybridized carbons (Fsp3) is 0.0625. The van der Waals surface area contributed by atoms with Gasteiger partial charge < -0.3 is 0 Å². The maximum atomic E-state index is 12.4. The lowest BCUT2D eigenvalue weighted by atomic mass is 10.2. The second kappa shape index (κ2) is 7.15. The van der Waals surface area contributed by atoms with Crippen LogP contribution in [-0.4, -0.2) is 28.0 Å². The van der Waals surface area contributed by atoms with Crippen LogP contribution in [0.3, 0.4) is 0 Å². The average molecular weight is 399 g/mol. The van der Waals surface area contributed by atoms with Crippen LogP contribution < -0.4 is 0 Å². The van der Waals surface area contributed by atoms with Gasteiger partial charge in [0.2, 0.25) is 0 Å². The van der Waals surface area contributed by atoms with Crippen molar-refractivity contribution >= 4 is 69.4 Å². The highest BCUT2D eigenvalue weighted by Crippen LogP contribution is 2.36. The zero-order chi connectivity index (χ0) is 17.3. The Kier molecular flexibility index (Phi) is 5.15. The minimum atomic E-state index is -0.185. The molecule has 0 bridgehead atoms. The number of pyridine rings is 1. The van der Waals surface area contributed by atoms with Gasteiger partial charge in [0.1, 0.15) is 5.69 Å².